The topological polar surface area (TPSA) is 61.8 Å². The summed E-state index contributed by atoms with van der Waals surface area (Å²) in [5.74, 6) is -0.690. The Bertz CT molecular complexity index is 932. The molecule has 2 N–H and O–H groups in total. The fourth-order valence-electron chi connectivity index (χ4n) is 4.67. The smallest absolute Gasteiger partial charge is 0.405 e. The second-order valence-electron chi connectivity index (χ2n) is 7.85. The zero-order valence-corrected chi connectivity index (χ0v) is 15.6. The molecule has 2 aromatic rings. The Morgan fingerprint density at radius 2 is 1.97 bits per heavy atom. The first-order valence-electron chi connectivity index (χ1n) is 9.40. The largest absolute Gasteiger partial charge is 0.573 e. The van der Waals surface area contributed by atoms with Gasteiger partial charge in [0.1, 0.15) is 5.75 Å². The summed E-state index contributed by atoms with van der Waals surface area (Å²) in [6, 6.07) is 11.7. The maximum absolute atomic E-state index is 12.7. The average molecular weight is 406 g/mol. The molecule has 0 radical (unpaired) electrons. The second kappa shape index (κ2) is 7.35. The highest BCUT2D eigenvalue weighted by molar-refractivity contribution is 5.95. The molecule has 1 spiro atoms. The SMILES string of the molecule is O=C(NO)c1cccc2c1CC1(CCN(Cc3ccccc3OC(F)(F)F)C1)C2. The quantitative estimate of drug-likeness (QED) is 0.601. The first-order chi connectivity index (χ1) is 13.8. The van der Waals surface area contributed by atoms with E-state index in [0.717, 1.165) is 37.1 Å². The maximum Gasteiger partial charge on any atom is 0.573 e. The number of hydrogen-bond acceptors (Lipinski definition) is 4. The van der Waals surface area contributed by atoms with Gasteiger partial charge in [-0.15, -0.1) is 13.2 Å². The van der Waals surface area contributed by atoms with Crippen LogP contribution in [0.15, 0.2) is 42.5 Å². The number of fused-ring (bicyclic) bond motifs is 1. The van der Waals surface area contributed by atoms with Gasteiger partial charge in [-0.3, -0.25) is 14.9 Å². The van der Waals surface area contributed by atoms with E-state index in [9.17, 15) is 18.0 Å². The molecular formula is C21H21F3N2O3. The molecule has 1 saturated heterocycles. The molecule has 0 bridgehead atoms. The van der Waals surface area contributed by atoms with E-state index in [1.54, 1.807) is 29.7 Å². The van der Waals surface area contributed by atoms with Crippen LogP contribution < -0.4 is 10.2 Å². The van der Waals surface area contributed by atoms with Gasteiger partial charge in [0.25, 0.3) is 5.91 Å². The van der Waals surface area contributed by atoms with Gasteiger partial charge in [-0.05, 0) is 54.5 Å². The number of para-hydroxylation sites is 1. The van der Waals surface area contributed by atoms with Crippen molar-refractivity contribution in [1.82, 2.24) is 10.4 Å². The molecule has 1 fully saturated rings. The molecule has 8 heteroatoms. The molecule has 0 saturated carbocycles. The Hall–Kier alpha value is -2.58. The van der Waals surface area contributed by atoms with E-state index < -0.39 is 12.3 Å². The summed E-state index contributed by atoms with van der Waals surface area (Å²) in [7, 11) is 0. The maximum atomic E-state index is 12.7. The molecule has 1 amide bonds. The number of amides is 1. The van der Waals surface area contributed by atoms with Gasteiger partial charge < -0.3 is 4.74 Å². The molecule has 1 heterocycles. The van der Waals surface area contributed by atoms with Gasteiger partial charge in [-0.25, -0.2) is 5.48 Å². The highest BCUT2D eigenvalue weighted by Crippen LogP contribution is 2.45. The molecule has 1 aliphatic carbocycles. The first kappa shape index (κ1) is 19.7. The van der Waals surface area contributed by atoms with E-state index in [2.05, 4.69) is 9.64 Å². The van der Waals surface area contributed by atoms with Crippen LogP contribution in [-0.2, 0) is 19.4 Å². The molecule has 5 nitrogen and oxygen atoms in total. The highest BCUT2D eigenvalue weighted by Gasteiger charge is 2.44. The van der Waals surface area contributed by atoms with Crippen molar-refractivity contribution >= 4 is 5.91 Å². The fraction of sp³-hybridized carbons (Fsp3) is 0.381. The van der Waals surface area contributed by atoms with E-state index >= 15 is 0 Å². The van der Waals surface area contributed by atoms with Crippen LogP contribution in [0.1, 0.15) is 33.5 Å². The molecule has 1 aliphatic heterocycles. The summed E-state index contributed by atoms with van der Waals surface area (Å²) < 4.78 is 42.2. The predicted molar refractivity (Wildman–Crippen MR) is 98.6 cm³/mol. The normalized spacial score (nSPS) is 21.4. The van der Waals surface area contributed by atoms with Crippen LogP contribution in [0.2, 0.25) is 0 Å². The van der Waals surface area contributed by atoms with Crippen LogP contribution in [0, 0.1) is 5.41 Å². The van der Waals surface area contributed by atoms with Gasteiger partial charge in [-0.2, -0.15) is 0 Å². The number of hydroxylamine groups is 1. The third kappa shape index (κ3) is 4.09. The Labute approximate surface area is 166 Å². The molecule has 2 aliphatic rings. The van der Waals surface area contributed by atoms with Crippen LogP contribution in [0.4, 0.5) is 13.2 Å². The number of likely N-dealkylation sites (tertiary alicyclic amines) is 1. The summed E-state index contributed by atoms with van der Waals surface area (Å²) in [4.78, 5) is 14.1. The van der Waals surface area contributed by atoms with Crippen LogP contribution in [0.25, 0.3) is 0 Å². The number of rotatable bonds is 4. The molecule has 2 aromatic carbocycles. The van der Waals surface area contributed by atoms with Crippen molar-refractivity contribution in [2.45, 2.75) is 32.2 Å². The molecule has 1 atom stereocenters. The fourth-order valence-corrected chi connectivity index (χ4v) is 4.67. The van der Waals surface area contributed by atoms with Crippen LogP contribution in [0.5, 0.6) is 5.75 Å². The lowest BCUT2D eigenvalue weighted by atomic mass is 9.84. The molecular weight excluding hydrogens is 385 g/mol. The lowest BCUT2D eigenvalue weighted by Gasteiger charge is -2.24. The summed E-state index contributed by atoms with van der Waals surface area (Å²) in [6.07, 6.45) is -2.31. The van der Waals surface area contributed by atoms with Crippen molar-refractivity contribution in [1.29, 1.82) is 0 Å². The Balaban J connectivity index is 1.49. The van der Waals surface area contributed by atoms with Crippen LogP contribution in [-0.4, -0.2) is 35.5 Å². The minimum absolute atomic E-state index is 0.0476. The monoisotopic (exact) mass is 406 g/mol. The zero-order chi connectivity index (χ0) is 20.6. The number of alkyl halides is 3. The lowest BCUT2D eigenvalue weighted by molar-refractivity contribution is -0.275. The van der Waals surface area contributed by atoms with Crippen molar-refractivity contribution in [2.75, 3.05) is 13.1 Å². The zero-order valence-electron chi connectivity index (χ0n) is 15.6. The third-order valence-corrected chi connectivity index (χ3v) is 5.85. The summed E-state index contributed by atoms with van der Waals surface area (Å²) in [5.41, 5.74) is 4.67. The van der Waals surface area contributed by atoms with Crippen molar-refractivity contribution in [2.24, 2.45) is 5.41 Å². The number of carbonyl (C=O) groups excluding carboxylic acids is 1. The Kier molecular flexibility index (Phi) is 5.00. The van der Waals surface area contributed by atoms with E-state index in [1.807, 2.05) is 6.07 Å². The van der Waals surface area contributed by atoms with Gasteiger partial charge in [0.15, 0.2) is 0 Å². The van der Waals surface area contributed by atoms with Crippen molar-refractivity contribution in [3.05, 3.63) is 64.7 Å². The number of ether oxygens (including phenoxy) is 1. The lowest BCUT2D eigenvalue weighted by Crippen LogP contribution is -2.28. The molecule has 0 aromatic heterocycles. The van der Waals surface area contributed by atoms with Crippen molar-refractivity contribution in [3.8, 4) is 5.75 Å². The van der Waals surface area contributed by atoms with E-state index in [4.69, 9.17) is 5.21 Å². The first-order valence-corrected chi connectivity index (χ1v) is 9.40. The van der Waals surface area contributed by atoms with Crippen LogP contribution >= 0.6 is 0 Å². The summed E-state index contributed by atoms with van der Waals surface area (Å²) in [5, 5.41) is 8.99. The minimum Gasteiger partial charge on any atom is -0.405 e. The number of halogens is 3. The Morgan fingerprint density at radius 3 is 2.72 bits per heavy atom. The second-order valence-corrected chi connectivity index (χ2v) is 7.85. The molecule has 1 unspecified atom stereocenters. The molecule has 29 heavy (non-hydrogen) atoms. The van der Waals surface area contributed by atoms with Crippen molar-refractivity contribution in [3.63, 3.8) is 0 Å². The van der Waals surface area contributed by atoms with Gasteiger partial charge >= 0.3 is 6.36 Å². The summed E-state index contributed by atoms with van der Waals surface area (Å²) in [6.45, 7) is 1.85. The van der Waals surface area contributed by atoms with Crippen molar-refractivity contribution < 1.29 is 27.9 Å². The minimum atomic E-state index is -4.72. The number of hydrogen-bond donors (Lipinski definition) is 2. The number of benzene rings is 2. The predicted octanol–water partition coefficient (Wildman–Crippen LogP) is 3.70. The van der Waals surface area contributed by atoms with Gasteiger partial charge in [0.2, 0.25) is 0 Å². The van der Waals surface area contributed by atoms with Crippen LogP contribution in [0.3, 0.4) is 0 Å². The number of nitrogens with zero attached hydrogens (tertiary/aromatic N) is 1. The van der Waals surface area contributed by atoms with Gasteiger partial charge in [-0.1, -0.05) is 30.3 Å². The average Bonchev–Trinajstić information content (AvgIpc) is 3.23. The highest BCUT2D eigenvalue weighted by atomic mass is 19.4. The van der Waals surface area contributed by atoms with Gasteiger partial charge in [0.05, 0.1) is 0 Å². The Morgan fingerprint density at radius 1 is 1.17 bits per heavy atom. The molecule has 4 rings (SSSR count). The third-order valence-electron chi connectivity index (χ3n) is 5.85. The summed E-state index contributed by atoms with van der Waals surface area (Å²) >= 11 is 0. The molecule has 154 valence electrons. The number of carbonyl (C=O) groups is 1. The van der Waals surface area contributed by atoms with Gasteiger partial charge in [0, 0.05) is 24.2 Å². The van der Waals surface area contributed by atoms with E-state index in [0.29, 0.717) is 24.1 Å². The number of nitrogens with one attached hydrogen (secondary N) is 1. The standard InChI is InChI=1S/C21H21F3N2O3/c22-21(23,24)29-18-7-2-1-4-15(18)12-26-9-8-20(13-26)10-14-5-3-6-16(17(14)11-20)19(27)25-28/h1-7,28H,8-13H2,(H,25,27). The van der Waals surface area contributed by atoms with E-state index in [1.165, 1.54) is 12.1 Å². The van der Waals surface area contributed by atoms with E-state index in [-0.39, 0.29) is 11.2 Å².